The lowest BCUT2D eigenvalue weighted by atomic mass is 9.98. The van der Waals surface area contributed by atoms with Crippen LogP contribution in [0.1, 0.15) is 15.9 Å². The van der Waals surface area contributed by atoms with Crippen molar-refractivity contribution in [3.63, 3.8) is 0 Å². The Morgan fingerprint density at radius 1 is 1.26 bits per heavy atom. The molecule has 4 aromatic heterocycles. The zero-order valence-electron chi connectivity index (χ0n) is 23.7. The van der Waals surface area contributed by atoms with Crippen LogP contribution in [0.4, 0.5) is 15.8 Å². The van der Waals surface area contributed by atoms with Gasteiger partial charge in [-0.05, 0) is 32.3 Å². The molecule has 6 heterocycles. The number of benzene rings is 1. The molecule has 12 heteroatoms. The van der Waals surface area contributed by atoms with Crippen molar-refractivity contribution in [2.75, 3.05) is 51.1 Å². The topological polar surface area (TPSA) is 139 Å². The largest absolute Gasteiger partial charge is 0.477 e. The Balaban J connectivity index is 1.54. The van der Waals surface area contributed by atoms with E-state index in [1.165, 1.54) is 16.5 Å². The molecule has 1 aromatic carbocycles. The van der Waals surface area contributed by atoms with Gasteiger partial charge in [-0.25, -0.2) is 14.2 Å². The number of nitriles is 1. The van der Waals surface area contributed by atoms with E-state index >= 15 is 4.39 Å². The number of hydrogen-bond acceptors (Lipinski definition) is 8. The van der Waals surface area contributed by atoms with Crippen molar-refractivity contribution in [2.45, 2.75) is 12.1 Å². The summed E-state index contributed by atoms with van der Waals surface area (Å²) in [7, 11) is 5.76. The van der Waals surface area contributed by atoms with E-state index in [0.717, 1.165) is 5.69 Å². The zero-order chi connectivity index (χ0) is 30.2. The first kappa shape index (κ1) is 26.9. The van der Waals surface area contributed by atoms with Crippen LogP contribution < -0.4 is 15.8 Å². The van der Waals surface area contributed by atoms with E-state index in [0.29, 0.717) is 64.0 Å². The van der Waals surface area contributed by atoms with E-state index in [1.807, 2.05) is 20.2 Å². The normalized spacial score (nSPS) is 19.9. The third-order valence-corrected chi connectivity index (χ3v) is 8.86. The summed E-state index contributed by atoms with van der Waals surface area (Å²) in [5.41, 5.74) is 2.99. The van der Waals surface area contributed by atoms with Crippen molar-refractivity contribution in [1.82, 2.24) is 19.3 Å². The molecule has 5 aromatic rings. The molecular weight excluding hydrogens is 553 g/mol. The lowest BCUT2D eigenvalue weighted by Gasteiger charge is -2.27. The molecule has 0 saturated carbocycles. The highest BCUT2D eigenvalue weighted by Gasteiger charge is 2.45. The van der Waals surface area contributed by atoms with Gasteiger partial charge in [-0.1, -0.05) is 6.07 Å². The van der Waals surface area contributed by atoms with E-state index < -0.39 is 17.3 Å². The summed E-state index contributed by atoms with van der Waals surface area (Å²) >= 11 is 0. The maximum absolute atomic E-state index is 15.3. The minimum absolute atomic E-state index is 0.0222. The van der Waals surface area contributed by atoms with Crippen LogP contribution >= 0.6 is 0 Å². The quantitative estimate of drug-likeness (QED) is 0.285. The Kier molecular flexibility index (Phi) is 6.12. The van der Waals surface area contributed by atoms with Gasteiger partial charge in [0.1, 0.15) is 23.1 Å². The van der Waals surface area contributed by atoms with Gasteiger partial charge in [-0.2, -0.15) is 5.26 Å². The summed E-state index contributed by atoms with van der Waals surface area (Å²) in [6.07, 6.45) is 3.28. The summed E-state index contributed by atoms with van der Waals surface area (Å²) in [6.45, 7) is 1.86. The van der Waals surface area contributed by atoms with Gasteiger partial charge in [0.2, 0.25) is 0 Å². The molecule has 2 aliphatic heterocycles. The number of halogens is 1. The molecule has 0 spiro atoms. The second-order valence-electron chi connectivity index (χ2n) is 11.3. The fourth-order valence-corrected chi connectivity index (χ4v) is 6.75. The maximum Gasteiger partial charge on any atom is 0.341 e. The Morgan fingerprint density at radius 3 is 2.77 bits per heavy atom. The van der Waals surface area contributed by atoms with Crippen LogP contribution in [0.25, 0.3) is 38.6 Å². The first-order chi connectivity index (χ1) is 20.7. The molecular formula is C31H28FN7O4. The first-order valence-corrected chi connectivity index (χ1v) is 13.9. The molecule has 2 saturated heterocycles. The molecule has 0 amide bonds. The number of hydrogen-bond donors (Lipinski definition) is 3. The molecule has 0 radical (unpaired) electrons. The second-order valence-corrected chi connectivity index (χ2v) is 11.3. The fourth-order valence-electron chi connectivity index (χ4n) is 6.75. The van der Waals surface area contributed by atoms with Crippen molar-refractivity contribution in [3.05, 3.63) is 70.0 Å². The number of ether oxygens (including phenoxy) is 1. The number of carbonyl (C=O) groups is 1. The van der Waals surface area contributed by atoms with E-state index in [1.54, 1.807) is 31.6 Å². The number of carboxylic acid groups (broad SMARTS) is 1. The fraction of sp³-hybridized carbons (Fsp3) is 0.290. The highest BCUT2D eigenvalue weighted by molar-refractivity contribution is 6.19. The van der Waals surface area contributed by atoms with Gasteiger partial charge in [-0.15, -0.1) is 0 Å². The third kappa shape index (κ3) is 3.96. The average molecular weight is 582 g/mol. The molecule has 0 aliphatic carbocycles. The molecule has 0 bridgehead atoms. The maximum atomic E-state index is 15.3. The summed E-state index contributed by atoms with van der Waals surface area (Å²) in [5.74, 6) is -1.74. The van der Waals surface area contributed by atoms with Crippen molar-refractivity contribution in [1.29, 1.82) is 5.26 Å². The molecule has 218 valence electrons. The van der Waals surface area contributed by atoms with Crippen molar-refractivity contribution in [3.8, 4) is 17.2 Å². The number of aromatic carboxylic acids is 1. The van der Waals surface area contributed by atoms with E-state index in [4.69, 9.17) is 9.72 Å². The number of fused-ring (bicyclic) bond motifs is 5. The summed E-state index contributed by atoms with van der Waals surface area (Å²) in [4.78, 5) is 37.2. The molecule has 3 N–H and O–H groups in total. The molecule has 2 aliphatic rings. The minimum atomic E-state index is -1.31. The number of nitrogens with zero attached hydrogens (tertiary/aromatic N) is 5. The number of carboxylic acids is 1. The molecule has 11 nitrogen and oxygen atoms in total. The average Bonchev–Trinajstić information content (AvgIpc) is 3.69. The number of anilines is 2. The van der Waals surface area contributed by atoms with Crippen LogP contribution in [0.15, 0.2) is 47.5 Å². The van der Waals surface area contributed by atoms with Crippen LogP contribution in [0, 0.1) is 23.1 Å². The van der Waals surface area contributed by atoms with Crippen LogP contribution in [0.3, 0.4) is 0 Å². The molecule has 2 unspecified atom stereocenters. The van der Waals surface area contributed by atoms with Gasteiger partial charge in [0.05, 0.1) is 40.6 Å². The SMILES string of the molecule is CNc1cc(F)c(C#N)c2c1[nH]c1ncc(-c3ccc4ccc(C(=O)O)c(=O)n4c3)c(N3CC4C(N(C)C)CO[C@@H]4C3)c12. The van der Waals surface area contributed by atoms with Gasteiger partial charge < -0.3 is 29.9 Å². The lowest BCUT2D eigenvalue weighted by molar-refractivity contribution is 0.0694. The van der Waals surface area contributed by atoms with Crippen molar-refractivity contribution < 1.29 is 19.0 Å². The Labute approximate surface area is 244 Å². The Bertz CT molecular complexity index is 2080. The molecule has 2 fully saturated rings. The number of rotatable bonds is 5. The van der Waals surface area contributed by atoms with Crippen LogP contribution in [-0.4, -0.2) is 83.3 Å². The summed E-state index contributed by atoms with van der Waals surface area (Å²) in [5, 5.41) is 23.6. The van der Waals surface area contributed by atoms with Crippen LogP contribution in [0.5, 0.6) is 0 Å². The molecule has 3 atom stereocenters. The second kappa shape index (κ2) is 9.79. The smallest absolute Gasteiger partial charge is 0.341 e. The van der Waals surface area contributed by atoms with Gasteiger partial charge in [0.15, 0.2) is 0 Å². The number of H-pyrrole nitrogens is 1. The predicted molar refractivity (Wildman–Crippen MR) is 160 cm³/mol. The van der Waals surface area contributed by atoms with E-state index in [2.05, 4.69) is 26.2 Å². The van der Waals surface area contributed by atoms with Crippen LogP contribution in [-0.2, 0) is 4.74 Å². The lowest BCUT2D eigenvalue weighted by Crippen LogP contribution is -2.37. The van der Waals surface area contributed by atoms with E-state index in [-0.39, 0.29) is 29.2 Å². The predicted octanol–water partition coefficient (Wildman–Crippen LogP) is 3.51. The highest BCUT2D eigenvalue weighted by atomic mass is 19.1. The summed E-state index contributed by atoms with van der Waals surface area (Å²) in [6, 6.07) is 10.0. The van der Waals surface area contributed by atoms with Gasteiger partial charge in [0.25, 0.3) is 5.56 Å². The van der Waals surface area contributed by atoms with Gasteiger partial charge in [-0.3, -0.25) is 9.20 Å². The standard InChI is InChI=1S/C31H28FN7O4/c1-34-22-8-21(32)18(9-33)25-26-28(38-12-20-23(37(2)3)14-43-24(20)13-38)19(10-35-29(26)36-27(22)25)15-4-5-16-6-7-17(31(41)42)30(40)39(16)11-15/h4-8,10-11,20,23-24,34H,12-14H2,1-3H3,(H,35,36)(H,41,42)/t20?,23?,24-/m1/s1. The van der Waals surface area contributed by atoms with Crippen molar-refractivity contribution >= 4 is 44.8 Å². The number of nitrogens with one attached hydrogen (secondary N) is 2. The zero-order valence-corrected chi connectivity index (χ0v) is 23.7. The monoisotopic (exact) mass is 581 g/mol. The van der Waals surface area contributed by atoms with Crippen molar-refractivity contribution in [2.24, 2.45) is 5.92 Å². The summed E-state index contributed by atoms with van der Waals surface area (Å²) < 4.78 is 22.9. The Hall–Kier alpha value is -4.99. The van der Waals surface area contributed by atoms with E-state index in [9.17, 15) is 20.0 Å². The van der Waals surface area contributed by atoms with Crippen LogP contribution in [0.2, 0.25) is 0 Å². The minimum Gasteiger partial charge on any atom is -0.477 e. The Morgan fingerprint density at radius 2 is 2.05 bits per heavy atom. The number of likely N-dealkylation sites (N-methyl/N-ethyl adjacent to an activating group) is 1. The molecule has 43 heavy (non-hydrogen) atoms. The number of aromatic nitrogens is 3. The van der Waals surface area contributed by atoms with Gasteiger partial charge >= 0.3 is 5.97 Å². The van der Waals surface area contributed by atoms with Gasteiger partial charge in [0, 0.05) is 72.6 Å². The number of pyridine rings is 3. The number of aromatic amines is 1. The highest BCUT2D eigenvalue weighted by Crippen LogP contribution is 2.46. The molecule has 7 rings (SSSR count). The third-order valence-electron chi connectivity index (χ3n) is 8.86. The first-order valence-electron chi connectivity index (χ1n) is 13.9.